The smallest absolute Gasteiger partial charge is 0.264 e. The summed E-state index contributed by atoms with van der Waals surface area (Å²) in [5.74, 6) is 0.307. The molecule has 7 nitrogen and oxygen atoms in total. The normalized spacial score (nSPS) is 11.0. The van der Waals surface area contributed by atoms with E-state index in [-0.39, 0.29) is 22.0 Å². The second kappa shape index (κ2) is 8.66. The van der Waals surface area contributed by atoms with Gasteiger partial charge < -0.3 is 9.84 Å². The van der Waals surface area contributed by atoms with Crippen LogP contribution in [0.5, 0.6) is 11.6 Å². The minimum Gasteiger partial charge on any atom is -0.494 e. The SMILES string of the molecule is CCOc1ccc(-n2c(O)c(C=Nc3ccc(C(C)=O)cc3)c(=O)[nH]c2=S)cc1. The number of carbonyl (C=O) groups is 1. The fourth-order valence-electron chi connectivity index (χ4n) is 2.67. The first-order valence-corrected chi connectivity index (χ1v) is 9.28. The van der Waals surface area contributed by atoms with Gasteiger partial charge in [0.2, 0.25) is 5.88 Å². The van der Waals surface area contributed by atoms with E-state index < -0.39 is 5.56 Å². The van der Waals surface area contributed by atoms with Crippen molar-refractivity contribution in [2.24, 2.45) is 4.99 Å². The zero-order valence-corrected chi connectivity index (χ0v) is 16.7. The highest BCUT2D eigenvalue weighted by Gasteiger charge is 2.13. The van der Waals surface area contributed by atoms with Crippen molar-refractivity contribution in [2.45, 2.75) is 13.8 Å². The number of ketones is 1. The Morgan fingerprint density at radius 2 is 1.86 bits per heavy atom. The van der Waals surface area contributed by atoms with E-state index >= 15 is 0 Å². The number of nitrogens with zero attached hydrogens (tertiary/aromatic N) is 2. The first-order valence-electron chi connectivity index (χ1n) is 8.87. The molecule has 1 aromatic heterocycles. The van der Waals surface area contributed by atoms with Crippen LogP contribution in [0.4, 0.5) is 5.69 Å². The maximum absolute atomic E-state index is 12.3. The molecule has 0 radical (unpaired) electrons. The van der Waals surface area contributed by atoms with Gasteiger partial charge in [0.25, 0.3) is 5.56 Å². The van der Waals surface area contributed by atoms with E-state index in [2.05, 4.69) is 9.98 Å². The highest BCUT2D eigenvalue weighted by Crippen LogP contribution is 2.22. The van der Waals surface area contributed by atoms with Crippen LogP contribution < -0.4 is 10.3 Å². The summed E-state index contributed by atoms with van der Waals surface area (Å²) >= 11 is 5.21. The van der Waals surface area contributed by atoms with Crippen LogP contribution in [0, 0.1) is 4.77 Å². The van der Waals surface area contributed by atoms with Gasteiger partial charge in [-0.15, -0.1) is 0 Å². The molecule has 0 aliphatic heterocycles. The maximum Gasteiger partial charge on any atom is 0.264 e. The lowest BCUT2D eigenvalue weighted by Gasteiger charge is -2.12. The van der Waals surface area contributed by atoms with Crippen molar-refractivity contribution in [1.82, 2.24) is 9.55 Å². The van der Waals surface area contributed by atoms with E-state index in [9.17, 15) is 14.7 Å². The molecule has 0 bridgehead atoms. The lowest BCUT2D eigenvalue weighted by atomic mass is 10.1. The molecule has 0 saturated heterocycles. The number of aromatic nitrogens is 2. The van der Waals surface area contributed by atoms with Gasteiger partial charge in [0.05, 0.1) is 18.0 Å². The zero-order valence-electron chi connectivity index (χ0n) is 15.9. The van der Waals surface area contributed by atoms with Gasteiger partial charge in [0.1, 0.15) is 11.3 Å². The topological polar surface area (TPSA) is 96.7 Å². The molecule has 0 spiro atoms. The lowest BCUT2D eigenvalue weighted by molar-refractivity contribution is 0.101. The van der Waals surface area contributed by atoms with Crippen molar-refractivity contribution in [3.63, 3.8) is 0 Å². The molecule has 0 saturated carbocycles. The number of aliphatic imine (C=N–C) groups is 1. The highest BCUT2D eigenvalue weighted by molar-refractivity contribution is 7.71. The molecule has 0 amide bonds. The van der Waals surface area contributed by atoms with Crippen molar-refractivity contribution < 1.29 is 14.6 Å². The summed E-state index contributed by atoms with van der Waals surface area (Å²) < 4.78 is 6.81. The molecule has 0 fully saturated rings. The second-order valence-electron chi connectivity index (χ2n) is 6.12. The van der Waals surface area contributed by atoms with Crippen molar-refractivity contribution in [1.29, 1.82) is 0 Å². The zero-order chi connectivity index (χ0) is 21.0. The Hall–Kier alpha value is -3.52. The van der Waals surface area contributed by atoms with Gasteiger partial charge in [0, 0.05) is 11.8 Å². The third-order valence-corrected chi connectivity index (χ3v) is 4.43. The molecule has 3 aromatic rings. The fraction of sp³-hybridized carbons (Fsp3) is 0.143. The molecule has 1 heterocycles. The van der Waals surface area contributed by atoms with Crippen LogP contribution in [0.25, 0.3) is 5.69 Å². The van der Waals surface area contributed by atoms with Crippen LogP contribution in [-0.2, 0) is 0 Å². The first kappa shape index (κ1) is 20.2. The van der Waals surface area contributed by atoms with Gasteiger partial charge in [-0.25, -0.2) is 0 Å². The molecule has 29 heavy (non-hydrogen) atoms. The predicted molar refractivity (Wildman–Crippen MR) is 114 cm³/mol. The molecule has 0 aliphatic carbocycles. The minimum atomic E-state index is -0.557. The molecular weight excluding hydrogens is 390 g/mol. The van der Waals surface area contributed by atoms with Crippen LogP contribution >= 0.6 is 12.2 Å². The quantitative estimate of drug-likeness (QED) is 0.365. The van der Waals surface area contributed by atoms with Crippen molar-refractivity contribution in [3.8, 4) is 17.3 Å². The summed E-state index contributed by atoms with van der Waals surface area (Å²) in [5.41, 5.74) is 1.06. The summed E-state index contributed by atoms with van der Waals surface area (Å²) in [7, 11) is 0. The third-order valence-electron chi connectivity index (χ3n) is 4.14. The van der Waals surface area contributed by atoms with E-state index in [4.69, 9.17) is 17.0 Å². The summed E-state index contributed by atoms with van der Waals surface area (Å²) in [5, 5.41) is 10.7. The first-order chi connectivity index (χ1) is 13.9. The van der Waals surface area contributed by atoms with Crippen molar-refractivity contribution >= 4 is 29.9 Å². The largest absolute Gasteiger partial charge is 0.494 e. The number of hydrogen-bond donors (Lipinski definition) is 2. The maximum atomic E-state index is 12.3. The number of hydrogen-bond acceptors (Lipinski definition) is 6. The van der Waals surface area contributed by atoms with Gasteiger partial charge in [-0.2, -0.15) is 0 Å². The molecular formula is C21H19N3O4S. The van der Waals surface area contributed by atoms with E-state index in [1.807, 2.05) is 6.92 Å². The molecule has 148 valence electrons. The molecule has 0 atom stereocenters. The predicted octanol–water partition coefficient (Wildman–Crippen LogP) is 3.95. The number of aromatic amines is 1. The summed E-state index contributed by atoms with van der Waals surface area (Å²) in [4.78, 5) is 30.4. The van der Waals surface area contributed by atoms with E-state index in [1.165, 1.54) is 17.7 Å². The Balaban J connectivity index is 1.99. The Morgan fingerprint density at radius 1 is 1.21 bits per heavy atom. The Bertz CT molecular complexity index is 1180. The number of carbonyl (C=O) groups excluding carboxylic acids is 1. The minimum absolute atomic E-state index is 0.0388. The molecule has 8 heteroatoms. The van der Waals surface area contributed by atoms with E-state index in [0.29, 0.717) is 29.3 Å². The van der Waals surface area contributed by atoms with Crippen molar-refractivity contribution in [3.05, 3.63) is 74.8 Å². The van der Waals surface area contributed by atoms with Gasteiger partial charge in [0.15, 0.2) is 10.6 Å². The van der Waals surface area contributed by atoms with Crippen LogP contribution in [0.2, 0.25) is 0 Å². The number of benzene rings is 2. The van der Waals surface area contributed by atoms with E-state index in [1.54, 1.807) is 48.5 Å². The molecule has 0 aliphatic rings. The monoisotopic (exact) mass is 409 g/mol. The van der Waals surface area contributed by atoms with Crippen LogP contribution in [0.1, 0.15) is 29.8 Å². The van der Waals surface area contributed by atoms with Crippen LogP contribution in [-0.4, -0.2) is 33.3 Å². The Kier molecular flexibility index (Phi) is 6.04. The number of aromatic hydroxyl groups is 1. The summed E-state index contributed by atoms with van der Waals surface area (Å²) in [6.45, 7) is 3.90. The molecule has 3 rings (SSSR count). The van der Waals surface area contributed by atoms with Crippen molar-refractivity contribution in [2.75, 3.05) is 6.61 Å². The number of H-pyrrole nitrogens is 1. The number of ether oxygens (including phenoxy) is 1. The summed E-state index contributed by atoms with van der Waals surface area (Å²) in [6, 6.07) is 13.5. The number of Topliss-reactive ketones (excluding diaryl/α,β-unsaturated/α-hetero) is 1. The van der Waals surface area contributed by atoms with Gasteiger partial charge in [-0.1, -0.05) is 0 Å². The number of nitrogens with one attached hydrogen (secondary N) is 1. The highest BCUT2D eigenvalue weighted by atomic mass is 32.1. The van der Waals surface area contributed by atoms with Gasteiger partial charge in [-0.05, 0) is 74.6 Å². The molecule has 2 N–H and O–H groups in total. The Labute approximate surface area is 172 Å². The van der Waals surface area contributed by atoms with E-state index in [0.717, 1.165) is 0 Å². The standard InChI is InChI=1S/C21H19N3O4S/c1-3-28-17-10-8-16(9-11-17)24-20(27)18(19(26)23-21(24)29)12-22-15-6-4-14(5-7-15)13(2)25/h4-12,27H,3H2,1-2H3,(H,23,26,29). The lowest BCUT2D eigenvalue weighted by Crippen LogP contribution is -2.18. The average molecular weight is 409 g/mol. The second-order valence-corrected chi connectivity index (χ2v) is 6.51. The molecule has 2 aromatic carbocycles. The fourth-order valence-corrected chi connectivity index (χ4v) is 2.96. The average Bonchev–Trinajstić information content (AvgIpc) is 2.69. The third kappa shape index (κ3) is 4.49. The molecule has 0 unspecified atom stereocenters. The van der Waals surface area contributed by atoms with Gasteiger partial charge >= 0.3 is 0 Å². The number of rotatable bonds is 6. The van der Waals surface area contributed by atoms with Crippen LogP contribution in [0.3, 0.4) is 0 Å². The summed E-state index contributed by atoms with van der Waals surface area (Å²) in [6.07, 6.45) is 1.26. The van der Waals surface area contributed by atoms with Crippen LogP contribution in [0.15, 0.2) is 58.3 Å². The van der Waals surface area contributed by atoms with Gasteiger partial charge in [-0.3, -0.25) is 24.1 Å². The Morgan fingerprint density at radius 3 is 2.45 bits per heavy atom.